The number of halogens is 6. The lowest BCUT2D eigenvalue weighted by molar-refractivity contribution is -0.143. The molecule has 1 N–H and O–H groups in total. The number of nitrogens with one attached hydrogen (secondary N) is 1. The Labute approximate surface area is 141 Å². The number of anilines is 1. The highest BCUT2D eigenvalue weighted by atomic mass is 19.4. The van der Waals surface area contributed by atoms with Gasteiger partial charge in [-0.3, -0.25) is 0 Å². The Morgan fingerprint density at radius 2 is 1.60 bits per heavy atom. The number of alkyl halides is 6. The normalized spacial score (nSPS) is 15.2. The SMILES string of the molecule is CCCN(CC1CC1)C(=O)Nc1cc(C(F)(F)F)cc(C(F)(F)F)c1. The zero-order chi connectivity index (χ0) is 18.8. The first-order valence-corrected chi connectivity index (χ1v) is 7.86. The molecule has 140 valence electrons. The molecule has 0 atom stereocenters. The van der Waals surface area contributed by atoms with E-state index in [1.807, 2.05) is 6.92 Å². The number of benzene rings is 1. The van der Waals surface area contributed by atoms with Gasteiger partial charge in [0, 0.05) is 18.8 Å². The average molecular weight is 368 g/mol. The van der Waals surface area contributed by atoms with Crippen LogP contribution in [0, 0.1) is 5.92 Å². The van der Waals surface area contributed by atoms with Crippen molar-refractivity contribution in [3.05, 3.63) is 29.3 Å². The van der Waals surface area contributed by atoms with E-state index in [0.29, 0.717) is 37.6 Å². The van der Waals surface area contributed by atoms with Gasteiger partial charge < -0.3 is 10.2 Å². The number of hydrogen-bond donors (Lipinski definition) is 1. The lowest BCUT2D eigenvalue weighted by Crippen LogP contribution is -2.37. The van der Waals surface area contributed by atoms with Gasteiger partial charge in [0.1, 0.15) is 0 Å². The Bertz CT molecular complexity index is 590. The lowest BCUT2D eigenvalue weighted by Gasteiger charge is -2.23. The fraction of sp³-hybridized carbons (Fsp3) is 0.562. The molecule has 1 aromatic carbocycles. The second kappa shape index (κ2) is 7.13. The Morgan fingerprint density at radius 1 is 1.08 bits per heavy atom. The Morgan fingerprint density at radius 3 is 2.00 bits per heavy atom. The predicted molar refractivity (Wildman–Crippen MR) is 80.1 cm³/mol. The van der Waals surface area contributed by atoms with Gasteiger partial charge >= 0.3 is 18.4 Å². The van der Waals surface area contributed by atoms with Gasteiger partial charge in [0.15, 0.2) is 0 Å². The predicted octanol–water partition coefficient (Wildman–Crippen LogP) is 5.38. The molecule has 3 nitrogen and oxygen atoms in total. The molecule has 1 aliphatic rings. The van der Waals surface area contributed by atoms with E-state index < -0.39 is 35.2 Å². The maximum Gasteiger partial charge on any atom is 0.416 e. The van der Waals surface area contributed by atoms with Crippen LogP contribution < -0.4 is 5.32 Å². The van der Waals surface area contributed by atoms with Crippen molar-refractivity contribution in [1.82, 2.24) is 4.90 Å². The van der Waals surface area contributed by atoms with Crippen molar-refractivity contribution in [2.45, 2.75) is 38.5 Å². The summed E-state index contributed by atoms with van der Waals surface area (Å²) in [6.07, 6.45) is -7.32. The topological polar surface area (TPSA) is 32.3 Å². The second-order valence-corrected chi connectivity index (χ2v) is 6.11. The fourth-order valence-corrected chi connectivity index (χ4v) is 2.39. The largest absolute Gasteiger partial charge is 0.416 e. The van der Waals surface area contributed by atoms with Crippen molar-refractivity contribution < 1.29 is 31.1 Å². The van der Waals surface area contributed by atoms with Gasteiger partial charge in [0.05, 0.1) is 11.1 Å². The Kier molecular flexibility index (Phi) is 5.53. The minimum Gasteiger partial charge on any atom is -0.324 e. The fourth-order valence-electron chi connectivity index (χ4n) is 2.39. The summed E-state index contributed by atoms with van der Waals surface area (Å²) in [5, 5.41) is 2.17. The van der Waals surface area contributed by atoms with E-state index in [1.165, 1.54) is 4.90 Å². The summed E-state index contributed by atoms with van der Waals surface area (Å²) in [6, 6.07) is 0.355. The second-order valence-electron chi connectivity index (χ2n) is 6.11. The third kappa shape index (κ3) is 5.54. The average Bonchev–Trinajstić information content (AvgIpc) is 3.28. The van der Waals surface area contributed by atoms with E-state index in [4.69, 9.17) is 0 Å². The molecule has 0 aromatic heterocycles. The van der Waals surface area contributed by atoms with Crippen LogP contribution in [0.5, 0.6) is 0 Å². The number of nitrogens with zero attached hydrogens (tertiary/aromatic N) is 1. The van der Waals surface area contributed by atoms with Gasteiger partial charge in [-0.15, -0.1) is 0 Å². The smallest absolute Gasteiger partial charge is 0.324 e. The molecule has 0 radical (unpaired) electrons. The quantitative estimate of drug-likeness (QED) is 0.696. The highest BCUT2D eigenvalue weighted by Crippen LogP contribution is 2.37. The maximum absolute atomic E-state index is 12.8. The minimum absolute atomic E-state index is 0.0314. The molecule has 0 saturated heterocycles. The number of carbonyl (C=O) groups excluding carboxylic acids is 1. The third-order valence-corrected chi connectivity index (χ3v) is 3.80. The maximum atomic E-state index is 12.8. The van der Waals surface area contributed by atoms with E-state index in [9.17, 15) is 31.1 Å². The molecule has 1 fully saturated rings. The molecule has 9 heteroatoms. The van der Waals surface area contributed by atoms with E-state index >= 15 is 0 Å². The highest BCUT2D eigenvalue weighted by molar-refractivity contribution is 5.89. The van der Waals surface area contributed by atoms with Crippen LogP contribution in [-0.2, 0) is 12.4 Å². The standard InChI is InChI=1S/C16H18F6N2O/c1-2-5-24(9-10-3-4-10)14(25)23-13-7-11(15(17,18)19)6-12(8-13)16(20,21)22/h6-8,10H,2-5,9H2,1H3,(H,23,25). The van der Waals surface area contributed by atoms with Crippen LogP contribution in [0.3, 0.4) is 0 Å². The van der Waals surface area contributed by atoms with Gasteiger partial charge in [0.25, 0.3) is 0 Å². The van der Waals surface area contributed by atoms with Crippen LogP contribution in [0.1, 0.15) is 37.3 Å². The molecule has 2 amide bonds. The van der Waals surface area contributed by atoms with Crippen molar-refractivity contribution in [2.24, 2.45) is 5.92 Å². The summed E-state index contributed by atoms with van der Waals surface area (Å²) < 4.78 is 77.1. The molecule has 25 heavy (non-hydrogen) atoms. The summed E-state index contributed by atoms with van der Waals surface area (Å²) in [5.74, 6) is 0.351. The van der Waals surface area contributed by atoms with Gasteiger partial charge in [-0.1, -0.05) is 6.92 Å². The zero-order valence-electron chi connectivity index (χ0n) is 13.5. The van der Waals surface area contributed by atoms with Crippen molar-refractivity contribution in [3.63, 3.8) is 0 Å². The number of amides is 2. The lowest BCUT2D eigenvalue weighted by atomic mass is 10.1. The van der Waals surface area contributed by atoms with Crippen LogP contribution in [0.25, 0.3) is 0 Å². The monoisotopic (exact) mass is 368 g/mol. The van der Waals surface area contributed by atoms with Crippen LogP contribution in [0.15, 0.2) is 18.2 Å². The van der Waals surface area contributed by atoms with Crippen molar-refractivity contribution in [1.29, 1.82) is 0 Å². The molecule has 0 aliphatic heterocycles. The van der Waals surface area contributed by atoms with E-state index in [1.54, 1.807) is 0 Å². The molecular formula is C16H18F6N2O. The van der Waals surface area contributed by atoms with Crippen molar-refractivity contribution in [2.75, 3.05) is 18.4 Å². The first kappa shape index (κ1) is 19.4. The first-order valence-electron chi connectivity index (χ1n) is 7.86. The Hall–Kier alpha value is -1.93. The van der Waals surface area contributed by atoms with E-state index in [-0.39, 0.29) is 6.07 Å². The van der Waals surface area contributed by atoms with Crippen LogP contribution in [0.2, 0.25) is 0 Å². The van der Waals surface area contributed by atoms with Crippen LogP contribution in [-0.4, -0.2) is 24.0 Å². The Balaban J connectivity index is 2.25. The van der Waals surface area contributed by atoms with E-state index in [2.05, 4.69) is 5.32 Å². The van der Waals surface area contributed by atoms with E-state index in [0.717, 1.165) is 12.8 Å². The molecule has 1 saturated carbocycles. The molecular weight excluding hydrogens is 350 g/mol. The van der Waals surface area contributed by atoms with Gasteiger partial charge in [-0.05, 0) is 43.4 Å². The van der Waals surface area contributed by atoms with Gasteiger partial charge in [-0.25, -0.2) is 4.79 Å². The molecule has 0 bridgehead atoms. The van der Waals surface area contributed by atoms with Crippen molar-refractivity contribution >= 4 is 11.7 Å². The van der Waals surface area contributed by atoms with Gasteiger partial charge in [-0.2, -0.15) is 26.3 Å². The molecule has 0 unspecified atom stereocenters. The summed E-state index contributed by atoms with van der Waals surface area (Å²) in [4.78, 5) is 13.7. The summed E-state index contributed by atoms with van der Waals surface area (Å²) in [5.41, 5.74) is -3.44. The molecule has 1 aliphatic carbocycles. The first-order chi connectivity index (χ1) is 11.5. The number of hydrogen-bond acceptors (Lipinski definition) is 1. The van der Waals surface area contributed by atoms with Crippen LogP contribution in [0.4, 0.5) is 36.8 Å². The molecule has 1 aromatic rings. The minimum atomic E-state index is -4.95. The zero-order valence-corrected chi connectivity index (χ0v) is 13.5. The highest BCUT2D eigenvalue weighted by Gasteiger charge is 2.37. The molecule has 0 spiro atoms. The summed E-state index contributed by atoms with van der Waals surface area (Å²) >= 11 is 0. The number of carbonyl (C=O) groups is 1. The summed E-state index contributed by atoms with van der Waals surface area (Å²) in [7, 11) is 0. The van der Waals surface area contributed by atoms with Crippen molar-refractivity contribution in [3.8, 4) is 0 Å². The summed E-state index contributed by atoms with van der Waals surface area (Å²) in [6.45, 7) is 2.66. The molecule has 2 rings (SSSR count). The number of rotatable bonds is 5. The number of urea groups is 1. The third-order valence-electron chi connectivity index (χ3n) is 3.80. The van der Waals surface area contributed by atoms with Crippen LogP contribution >= 0.6 is 0 Å². The molecule has 0 heterocycles. The van der Waals surface area contributed by atoms with Gasteiger partial charge in [0.2, 0.25) is 0 Å².